The second-order valence-corrected chi connectivity index (χ2v) is 7.68. The van der Waals surface area contributed by atoms with E-state index in [9.17, 15) is 9.18 Å². The molecule has 30 heavy (non-hydrogen) atoms. The second kappa shape index (κ2) is 7.40. The third-order valence-electron chi connectivity index (χ3n) is 5.85. The summed E-state index contributed by atoms with van der Waals surface area (Å²) >= 11 is 0. The fourth-order valence-corrected chi connectivity index (χ4v) is 4.28. The summed E-state index contributed by atoms with van der Waals surface area (Å²) in [7, 11) is 1.63. The van der Waals surface area contributed by atoms with Gasteiger partial charge in [-0.1, -0.05) is 0 Å². The number of amides is 2. The molecule has 8 nitrogen and oxygen atoms in total. The highest BCUT2D eigenvalue weighted by atomic mass is 19.1. The first-order valence-corrected chi connectivity index (χ1v) is 10.1. The van der Waals surface area contributed by atoms with Crippen LogP contribution in [0.15, 0.2) is 36.9 Å². The lowest BCUT2D eigenvalue weighted by Gasteiger charge is -2.30. The predicted octanol–water partition coefficient (Wildman–Crippen LogP) is 3.53. The molecule has 1 fully saturated rings. The van der Waals surface area contributed by atoms with Crippen molar-refractivity contribution in [3.05, 3.63) is 42.7 Å². The molecule has 0 atom stereocenters. The number of hydrogen-bond donors (Lipinski definition) is 3. The Kier molecular flexibility index (Phi) is 4.57. The van der Waals surface area contributed by atoms with Crippen molar-refractivity contribution in [1.29, 1.82) is 0 Å². The minimum Gasteiger partial charge on any atom is -0.345 e. The minimum atomic E-state index is -0.394. The van der Waals surface area contributed by atoms with E-state index in [1.807, 2.05) is 6.07 Å². The van der Waals surface area contributed by atoms with Gasteiger partial charge >= 0.3 is 6.03 Å². The van der Waals surface area contributed by atoms with Crippen LogP contribution in [0.5, 0.6) is 0 Å². The van der Waals surface area contributed by atoms with E-state index in [1.165, 1.54) is 12.3 Å². The quantitative estimate of drug-likeness (QED) is 0.484. The maximum absolute atomic E-state index is 13.7. The van der Waals surface area contributed by atoms with Crippen molar-refractivity contribution in [1.82, 2.24) is 35.1 Å². The van der Waals surface area contributed by atoms with E-state index in [4.69, 9.17) is 4.98 Å². The zero-order valence-electron chi connectivity index (χ0n) is 16.5. The van der Waals surface area contributed by atoms with Crippen LogP contribution in [0.3, 0.4) is 0 Å². The Morgan fingerprint density at radius 1 is 1.23 bits per heavy atom. The molecule has 4 aromatic heterocycles. The third-order valence-corrected chi connectivity index (χ3v) is 5.85. The summed E-state index contributed by atoms with van der Waals surface area (Å²) in [6.07, 6.45) is 10.6. The Balaban J connectivity index is 1.44. The first kappa shape index (κ1) is 18.5. The number of pyridine rings is 1. The SMILES string of the molecule is CNC(=O)N[C@H]1CC[C@@H](n2ccc3cnc(-c4c[nH]c5ncc(F)cc45)nc32)CC1. The molecule has 154 valence electrons. The summed E-state index contributed by atoms with van der Waals surface area (Å²) in [5, 5.41) is 7.23. The van der Waals surface area contributed by atoms with E-state index in [1.54, 1.807) is 19.4 Å². The van der Waals surface area contributed by atoms with Crippen molar-refractivity contribution in [2.75, 3.05) is 7.05 Å². The fraction of sp³-hybridized carbons (Fsp3) is 0.333. The zero-order valence-corrected chi connectivity index (χ0v) is 16.5. The lowest BCUT2D eigenvalue weighted by Crippen LogP contribution is -2.42. The van der Waals surface area contributed by atoms with Gasteiger partial charge in [-0.25, -0.2) is 24.1 Å². The largest absolute Gasteiger partial charge is 0.345 e. The molecule has 0 unspecified atom stereocenters. The van der Waals surface area contributed by atoms with Gasteiger partial charge in [0.1, 0.15) is 17.1 Å². The summed E-state index contributed by atoms with van der Waals surface area (Å²) < 4.78 is 15.9. The fourth-order valence-electron chi connectivity index (χ4n) is 4.28. The van der Waals surface area contributed by atoms with Gasteiger partial charge < -0.3 is 20.2 Å². The summed E-state index contributed by atoms with van der Waals surface area (Å²) in [4.78, 5) is 28.0. The Morgan fingerprint density at radius 2 is 2.07 bits per heavy atom. The number of urea groups is 1. The number of carbonyl (C=O) groups excluding carboxylic acids is 1. The van der Waals surface area contributed by atoms with Crippen LogP contribution in [0.25, 0.3) is 33.5 Å². The Bertz CT molecular complexity index is 1220. The number of halogens is 1. The second-order valence-electron chi connectivity index (χ2n) is 7.68. The maximum atomic E-state index is 13.7. The first-order chi connectivity index (χ1) is 14.6. The summed E-state index contributed by atoms with van der Waals surface area (Å²) in [5.41, 5.74) is 2.19. The average molecular weight is 407 g/mol. The molecule has 0 radical (unpaired) electrons. The molecule has 9 heteroatoms. The van der Waals surface area contributed by atoms with Gasteiger partial charge in [-0.3, -0.25) is 0 Å². The number of carbonyl (C=O) groups is 1. The van der Waals surface area contributed by atoms with Gasteiger partial charge in [-0.15, -0.1) is 0 Å². The van der Waals surface area contributed by atoms with Gasteiger partial charge in [0.2, 0.25) is 0 Å². The average Bonchev–Trinajstić information content (AvgIpc) is 3.37. The minimum absolute atomic E-state index is 0.132. The number of nitrogens with zero attached hydrogens (tertiary/aromatic N) is 4. The monoisotopic (exact) mass is 407 g/mol. The van der Waals surface area contributed by atoms with Gasteiger partial charge in [0.05, 0.1) is 6.20 Å². The molecular formula is C21H22FN7O. The number of rotatable bonds is 3. The predicted molar refractivity (Wildman–Crippen MR) is 111 cm³/mol. The van der Waals surface area contributed by atoms with Crippen LogP contribution in [-0.4, -0.2) is 43.6 Å². The molecule has 1 saturated carbocycles. The van der Waals surface area contributed by atoms with E-state index in [0.29, 0.717) is 22.9 Å². The van der Waals surface area contributed by atoms with Crippen LogP contribution in [-0.2, 0) is 0 Å². The number of aromatic amines is 1. The van der Waals surface area contributed by atoms with E-state index in [0.717, 1.165) is 42.3 Å². The van der Waals surface area contributed by atoms with Crippen LogP contribution in [0.1, 0.15) is 31.7 Å². The molecule has 0 saturated heterocycles. The van der Waals surface area contributed by atoms with Gasteiger partial charge in [-0.05, 0) is 37.8 Å². The van der Waals surface area contributed by atoms with Crippen molar-refractivity contribution < 1.29 is 9.18 Å². The van der Waals surface area contributed by atoms with Gasteiger partial charge in [0.15, 0.2) is 5.82 Å². The van der Waals surface area contributed by atoms with Crippen molar-refractivity contribution >= 4 is 28.1 Å². The number of hydrogen-bond acceptors (Lipinski definition) is 4. The smallest absolute Gasteiger partial charge is 0.314 e. The van der Waals surface area contributed by atoms with Gasteiger partial charge in [-0.2, -0.15) is 0 Å². The Labute approximate surface area is 171 Å². The summed E-state index contributed by atoms with van der Waals surface area (Å²) in [6, 6.07) is 3.84. The van der Waals surface area contributed by atoms with Gasteiger partial charge in [0.25, 0.3) is 0 Å². The summed E-state index contributed by atoms with van der Waals surface area (Å²) in [6.45, 7) is 0. The molecule has 5 rings (SSSR count). The Hall–Kier alpha value is -3.49. The molecule has 4 aromatic rings. The molecular weight excluding hydrogens is 385 g/mol. The van der Waals surface area contributed by atoms with Crippen molar-refractivity contribution in [2.45, 2.75) is 37.8 Å². The molecule has 0 aliphatic heterocycles. The van der Waals surface area contributed by atoms with Crippen LogP contribution in [0, 0.1) is 5.82 Å². The lowest BCUT2D eigenvalue weighted by molar-refractivity contribution is 0.229. The van der Waals surface area contributed by atoms with Crippen molar-refractivity contribution in [3.63, 3.8) is 0 Å². The molecule has 1 aliphatic carbocycles. The van der Waals surface area contributed by atoms with E-state index < -0.39 is 5.82 Å². The van der Waals surface area contributed by atoms with E-state index >= 15 is 0 Å². The first-order valence-electron chi connectivity index (χ1n) is 10.1. The lowest BCUT2D eigenvalue weighted by atomic mass is 9.91. The van der Waals surface area contributed by atoms with Gasteiger partial charge in [0, 0.05) is 54.1 Å². The highest BCUT2D eigenvalue weighted by Gasteiger charge is 2.24. The highest BCUT2D eigenvalue weighted by Crippen LogP contribution is 2.32. The number of nitrogens with one attached hydrogen (secondary N) is 3. The van der Waals surface area contributed by atoms with Crippen molar-refractivity contribution in [3.8, 4) is 11.4 Å². The maximum Gasteiger partial charge on any atom is 0.314 e. The number of H-pyrrole nitrogens is 1. The molecule has 1 aliphatic rings. The molecule has 0 bridgehead atoms. The topological polar surface area (TPSA) is 101 Å². The Morgan fingerprint density at radius 3 is 2.87 bits per heavy atom. The molecule has 3 N–H and O–H groups in total. The third kappa shape index (κ3) is 3.26. The molecule has 0 aromatic carbocycles. The highest BCUT2D eigenvalue weighted by molar-refractivity contribution is 5.92. The molecule has 4 heterocycles. The van der Waals surface area contributed by atoms with Crippen LogP contribution in [0.4, 0.5) is 9.18 Å². The standard InChI is InChI=1S/C21H22FN7O/c1-23-21(30)27-14-2-4-15(5-3-14)29-7-6-12-9-24-19(28-20(12)29)17-11-26-18-16(17)8-13(22)10-25-18/h6-11,14-15H,2-5H2,1H3,(H,25,26)(H2,23,27,30)/t14-,15+. The summed E-state index contributed by atoms with van der Waals surface area (Å²) in [5.74, 6) is 0.144. The van der Waals surface area contributed by atoms with Crippen LogP contribution < -0.4 is 10.6 Å². The molecule has 2 amide bonds. The van der Waals surface area contributed by atoms with Crippen LogP contribution in [0.2, 0.25) is 0 Å². The van der Waals surface area contributed by atoms with E-state index in [-0.39, 0.29) is 12.1 Å². The van der Waals surface area contributed by atoms with Crippen molar-refractivity contribution in [2.24, 2.45) is 0 Å². The normalized spacial score (nSPS) is 19.3. The number of aromatic nitrogens is 5. The number of fused-ring (bicyclic) bond motifs is 2. The van der Waals surface area contributed by atoms with E-state index in [2.05, 4.69) is 36.3 Å². The zero-order chi connectivity index (χ0) is 20.7. The van der Waals surface area contributed by atoms with Crippen LogP contribution >= 0.6 is 0 Å². The molecule has 0 spiro atoms.